The number of rotatable bonds is 2. The van der Waals surface area contributed by atoms with Crippen molar-refractivity contribution >= 4 is 11.9 Å². The minimum absolute atomic E-state index is 0.117. The molecule has 0 N–H and O–H groups in total. The first-order valence-electron chi connectivity index (χ1n) is 7.22. The van der Waals surface area contributed by atoms with E-state index in [-0.39, 0.29) is 15.3 Å². The number of esters is 1. The number of amides is 1. The third kappa shape index (κ3) is 4.33. The summed E-state index contributed by atoms with van der Waals surface area (Å²) in [6.45, 7) is 6.46. The monoisotopic (exact) mass is 436 g/mol. The number of carbonyl (C=O) groups is 2. The average molecular weight is 436 g/mol. The van der Waals surface area contributed by atoms with E-state index in [4.69, 9.17) is 4.74 Å². The molecule has 23 heavy (non-hydrogen) atoms. The van der Waals surface area contributed by atoms with Crippen LogP contribution in [0.5, 0.6) is 5.75 Å². The fourth-order valence-corrected chi connectivity index (χ4v) is 4.89. The predicted octanol–water partition coefficient (Wildman–Crippen LogP) is -0.763. The number of methoxy groups -OCH3 is 1. The molecule has 1 saturated heterocycles. The summed E-state index contributed by atoms with van der Waals surface area (Å²) in [6.07, 6.45) is 0.664. The Bertz CT molecular complexity index is 615. The Balaban J connectivity index is 2.10. The number of hydrogen-bond acceptors (Lipinski definition) is 4. The van der Waals surface area contributed by atoms with Gasteiger partial charge < -0.3 is 0 Å². The Labute approximate surface area is 145 Å². The van der Waals surface area contributed by atoms with Gasteiger partial charge in [0, 0.05) is 0 Å². The molecule has 1 atom stereocenters. The van der Waals surface area contributed by atoms with Crippen molar-refractivity contribution in [3.05, 3.63) is 29.6 Å². The summed E-state index contributed by atoms with van der Waals surface area (Å²) in [5.74, 6) is -1.12. The molecule has 1 fully saturated rings. The van der Waals surface area contributed by atoms with Gasteiger partial charge in [-0.05, 0) is 0 Å². The van der Waals surface area contributed by atoms with Gasteiger partial charge in [0.2, 0.25) is 0 Å². The van der Waals surface area contributed by atoms with Crippen LogP contribution in [0, 0.1) is 5.82 Å². The van der Waals surface area contributed by atoms with Crippen LogP contribution in [0.2, 0.25) is 0 Å². The van der Waals surface area contributed by atoms with E-state index in [9.17, 15) is 14.0 Å². The summed E-state index contributed by atoms with van der Waals surface area (Å²) in [7, 11) is 1.19. The maximum absolute atomic E-state index is 13.5. The maximum atomic E-state index is 13.5. The summed E-state index contributed by atoms with van der Waals surface area (Å²) in [5, 5.41) is 0. The number of carbonyl (C=O) groups excluding carboxylic acids is 2. The van der Waals surface area contributed by atoms with Crippen molar-refractivity contribution in [2.24, 2.45) is 0 Å². The molecule has 0 radical (unpaired) electrons. The molecule has 7 heteroatoms. The van der Waals surface area contributed by atoms with Crippen molar-refractivity contribution in [3.8, 4) is 5.75 Å². The second-order valence-corrected chi connectivity index (χ2v) is 9.30. The fraction of sp³-hybridized carbons (Fsp3) is 0.500. The summed E-state index contributed by atoms with van der Waals surface area (Å²) in [6, 6.07) is 4.49. The van der Waals surface area contributed by atoms with Crippen LogP contribution in [0.25, 0.3) is 0 Å². The molecular weight excluding hydrogens is 416 g/mol. The SMILES string of the molecule is COC(=O)C(=O)N1CCC(Oc2ccc(F)cc2C(C)(C)C)[I-]1. The van der Waals surface area contributed by atoms with Gasteiger partial charge in [-0.15, -0.1) is 0 Å². The van der Waals surface area contributed by atoms with E-state index in [0.29, 0.717) is 18.7 Å². The zero-order valence-corrected chi connectivity index (χ0v) is 15.7. The van der Waals surface area contributed by atoms with Crippen LogP contribution in [0.1, 0.15) is 32.8 Å². The molecule has 0 spiro atoms. The second-order valence-electron chi connectivity index (χ2n) is 6.19. The number of benzene rings is 1. The second kappa shape index (κ2) is 7.02. The van der Waals surface area contributed by atoms with Crippen molar-refractivity contribution in [3.63, 3.8) is 0 Å². The van der Waals surface area contributed by atoms with Crippen molar-refractivity contribution in [2.45, 2.75) is 36.7 Å². The first-order chi connectivity index (χ1) is 10.7. The molecule has 0 saturated carbocycles. The Morgan fingerprint density at radius 3 is 2.65 bits per heavy atom. The molecule has 128 valence electrons. The normalized spacial score (nSPS) is 18.3. The zero-order chi connectivity index (χ0) is 17.2. The van der Waals surface area contributed by atoms with Crippen molar-refractivity contribution in [1.29, 1.82) is 0 Å². The number of alkyl halides is 1. The van der Waals surface area contributed by atoms with Gasteiger partial charge in [0.05, 0.1) is 0 Å². The molecule has 0 bridgehead atoms. The first kappa shape index (κ1) is 18.0. The van der Waals surface area contributed by atoms with E-state index in [2.05, 4.69) is 4.74 Å². The Morgan fingerprint density at radius 2 is 2.04 bits per heavy atom. The molecule has 5 nitrogen and oxygen atoms in total. The van der Waals surface area contributed by atoms with Crippen LogP contribution in [-0.4, -0.2) is 32.8 Å². The van der Waals surface area contributed by atoms with Gasteiger partial charge in [0.15, 0.2) is 0 Å². The van der Waals surface area contributed by atoms with Crippen LogP contribution in [0.3, 0.4) is 0 Å². The van der Waals surface area contributed by atoms with Crippen molar-refractivity contribution < 1.29 is 44.9 Å². The molecule has 1 heterocycles. The Hall–Kier alpha value is -1.38. The molecule has 1 aliphatic heterocycles. The third-order valence-electron chi connectivity index (χ3n) is 3.36. The predicted molar refractivity (Wildman–Crippen MR) is 77.9 cm³/mol. The Morgan fingerprint density at radius 1 is 1.35 bits per heavy atom. The van der Waals surface area contributed by atoms with E-state index < -0.39 is 33.4 Å². The van der Waals surface area contributed by atoms with Gasteiger partial charge in [-0.25, -0.2) is 0 Å². The average Bonchev–Trinajstić information content (AvgIpc) is 2.95. The van der Waals surface area contributed by atoms with E-state index in [0.717, 1.165) is 5.56 Å². The van der Waals surface area contributed by atoms with E-state index in [1.54, 1.807) is 6.07 Å². The van der Waals surface area contributed by atoms with E-state index >= 15 is 0 Å². The van der Waals surface area contributed by atoms with E-state index in [1.165, 1.54) is 22.4 Å². The molecule has 0 aromatic heterocycles. The third-order valence-corrected chi connectivity index (χ3v) is 6.46. The standard InChI is InChI=1S/C16H20FINO4/c1-16(2,3)11-9-10(17)5-6-12(11)23-13-7-8-19(18-13)14(20)15(21)22-4/h5-6,9,13H,7-8H2,1-4H3/q-1. The fourth-order valence-electron chi connectivity index (χ4n) is 2.18. The van der Waals surface area contributed by atoms with Crippen molar-refractivity contribution in [2.75, 3.05) is 13.7 Å². The van der Waals surface area contributed by atoms with Gasteiger partial charge in [-0.1, -0.05) is 0 Å². The van der Waals surface area contributed by atoms with Gasteiger partial charge in [0.25, 0.3) is 0 Å². The van der Waals surface area contributed by atoms with Gasteiger partial charge in [0.1, 0.15) is 0 Å². The van der Waals surface area contributed by atoms with Crippen LogP contribution in [0.15, 0.2) is 18.2 Å². The number of halogens is 2. The molecular formula is C16H20FINO4-. The van der Waals surface area contributed by atoms with Crippen LogP contribution < -0.4 is 26.2 Å². The van der Waals surface area contributed by atoms with E-state index in [1.807, 2.05) is 20.8 Å². The minimum atomic E-state index is -0.845. The molecule has 1 amide bonds. The zero-order valence-electron chi connectivity index (χ0n) is 13.6. The molecule has 1 aliphatic rings. The quantitative estimate of drug-likeness (QED) is 0.201. The topological polar surface area (TPSA) is 55.8 Å². The van der Waals surface area contributed by atoms with Gasteiger partial charge in [-0.3, -0.25) is 0 Å². The summed E-state index contributed by atoms with van der Waals surface area (Å²) in [5.41, 5.74) is 0.537. The summed E-state index contributed by atoms with van der Waals surface area (Å²) in [4.78, 5) is 23.1. The van der Waals surface area contributed by atoms with Crippen molar-refractivity contribution in [1.82, 2.24) is 3.11 Å². The van der Waals surface area contributed by atoms with Crippen LogP contribution in [0.4, 0.5) is 4.39 Å². The summed E-state index contributed by atoms with van der Waals surface area (Å²) >= 11 is -0.786. The molecule has 0 aliphatic carbocycles. The summed E-state index contributed by atoms with van der Waals surface area (Å²) < 4.78 is 25.4. The van der Waals surface area contributed by atoms with Crippen LogP contribution >= 0.6 is 0 Å². The van der Waals surface area contributed by atoms with Gasteiger partial charge >= 0.3 is 146 Å². The van der Waals surface area contributed by atoms with Gasteiger partial charge in [-0.2, -0.15) is 0 Å². The first-order valence-corrected chi connectivity index (χ1v) is 9.43. The number of hydrogen-bond donors (Lipinski definition) is 0. The molecule has 1 aromatic carbocycles. The number of nitrogens with zero attached hydrogens (tertiary/aromatic N) is 1. The molecule has 1 unspecified atom stereocenters. The van der Waals surface area contributed by atoms with Crippen LogP contribution in [-0.2, 0) is 19.7 Å². The molecule has 2 rings (SSSR count). The Kier molecular flexibility index (Phi) is 5.49. The molecule has 1 aromatic rings. The number of ether oxygens (including phenoxy) is 2.